The van der Waals surface area contributed by atoms with Crippen molar-refractivity contribution in [3.05, 3.63) is 42.1 Å². The Morgan fingerprint density at radius 3 is 2.84 bits per heavy atom. The van der Waals surface area contributed by atoms with Crippen molar-refractivity contribution in [2.24, 2.45) is 0 Å². The summed E-state index contributed by atoms with van der Waals surface area (Å²) in [5.74, 6) is 0. The molecule has 3 heteroatoms. The molecule has 1 aliphatic heterocycles. The highest BCUT2D eigenvalue weighted by atomic mass is 15.1. The molecule has 0 radical (unpaired) electrons. The van der Waals surface area contributed by atoms with E-state index < -0.39 is 0 Å². The molecule has 1 aliphatic rings. The molecule has 2 heterocycles. The van der Waals surface area contributed by atoms with Gasteiger partial charge in [-0.2, -0.15) is 0 Å². The molecular formula is C16H21N3. The molecule has 0 amide bonds. The van der Waals surface area contributed by atoms with Crippen molar-refractivity contribution in [3.8, 4) is 0 Å². The van der Waals surface area contributed by atoms with E-state index in [1.54, 1.807) is 0 Å². The van der Waals surface area contributed by atoms with Crippen molar-refractivity contribution in [3.63, 3.8) is 0 Å². The number of rotatable bonds is 3. The molecule has 1 fully saturated rings. The number of hydrogen-bond acceptors (Lipinski definition) is 3. The lowest BCUT2D eigenvalue weighted by molar-refractivity contribution is 0.234. The third kappa shape index (κ3) is 2.94. The summed E-state index contributed by atoms with van der Waals surface area (Å²) in [6.07, 6.45) is 4.37. The fourth-order valence-corrected chi connectivity index (χ4v) is 2.78. The number of aromatic nitrogens is 1. The maximum absolute atomic E-state index is 4.51. The quantitative estimate of drug-likeness (QED) is 0.913. The van der Waals surface area contributed by atoms with Gasteiger partial charge in [-0.25, -0.2) is 0 Å². The van der Waals surface area contributed by atoms with Crippen LogP contribution in [0.1, 0.15) is 18.4 Å². The molecule has 2 aromatic rings. The predicted octanol–water partition coefficient (Wildman–Crippen LogP) is 2.42. The molecule has 0 unspecified atom stereocenters. The first kappa shape index (κ1) is 12.6. The Kier molecular flexibility index (Phi) is 3.76. The van der Waals surface area contributed by atoms with E-state index in [0.717, 1.165) is 12.1 Å². The van der Waals surface area contributed by atoms with Gasteiger partial charge in [0.1, 0.15) is 0 Å². The van der Waals surface area contributed by atoms with E-state index in [4.69, 9.17) is 0 Å². The molecule has 1 aromatic heterocycles. The van der Waals surface area contributed by atoms with E-state index in [0.29, 0.717) is 6.04 Å². The summed E-state index contributed by atoms with van der Waals surface area (Å²) in [6.45, 7) is 3.32. The molecule has 0 saturated carbocycles. The molecule has 3 nitrogen and oxygen atoms in total. The van der Waals surface area contributed by atoms with Crippen molar-refractivity contribution in [2.75, 3.05) is 20.1 Å². The lowest BCUT2D eigenvalue weighted by Gasteiger charge is -2.29. The summed E-state index contributed by atoms with van der Waals surface area (Å²) < 4.78 is 0. The number of hydrogen-bond donors (Lipinski definition) is 1. The molecule has 19 heavy (non-hydrogen) atoms. The Bertz CT molecular complexity index is 539. The van der Waals surface area contributed by atoms with Gasteiger partial charge in [0.25, 0.3) is 0 Å². The SMILES string of the molecule is CN1CCC(NCc2cccc3cccnc23)CC1. The molecule has 0 bridgehead atoms. The Morgan fingerprint density at radius 2 is 2.00 bits per heavy atom. The molecule has 100 valence electrons. The van der Waals surface area contributed by atoms with Crippen LogP contribution in [-0.2, 0) is 6.54 Å². The van der Waals surface area contributed by atoms with Gasteiger partial charge in [-0.3, -0.25) is 4.98 Å². The third-order valence-electron chi connectivity index (χ3n) is 4.02. The van der Waals surface area contributed by atoms with E-state index >= 15 is 0 Å². The van der Waals surface area contributed by atoms with Gasteiger partial charge >= 0.3 is 0 Å². The van der Waals surface area contributed by atoms with E-state index in [1.807, 2.05) is 12.3 Å². The minimum absolute atomic E-state index is 0.648. The van der Waals surface area contributed by atoms with Gasteiger partial charge in [0.05, 0.1) is 5.52 Å². The van der Waals surface area contributed by atoms with Crippen LogP contribution in [-0.4, -0.2) is 36.1 Å². The van der Waals surface area contributed by atoms with Crippen LogP contribution in [0.25, 0.3) is 10.9 Å². The number of fused-ring (bicyclic) bond motifs is 1. The fourth-order valence-electron chi connectivity index (χ4n) is 2.78. The van der Waals surface area contributed by atoms with Gasteiger partial charge in [0.2, 0.25) is 0 Å². The smallest absolute Gasteiger partial charge is 0.0746 e. The summed E-state index contributed by atoms with van der Waals surface area (Å²) in [4.78, 5) is 6.91. The standard InChI is InChI=1S/C16H21N3/c1-19-10-7-15(8-11-19)18-12-14-5-2-4-13-6-3-9-17-16(13)14/h2-6,9,15,18H,7-8,10-12H2,1H3. The van der Waals surface area contributed by atoms with Gasteiger partial charge in [-0.15, -0.1) is 0 Å². The van der Waals surface area contributed by atoms with E-state index in [2.05, 4.69) is 46.5 Å². The van der Waals surface area contributed by atoms with E-state index in [-0.39, 0.29) is 0 Å². The maximum Gasteiger partial charge on any atom is 0.0746 e. The number of piperidine rings is 1. The lowest BCUT2D eigenvalue weighted by Crippen LogP contribution is -2.40. The molecule has 0 atom stereocenters. The van der Waals surface area contributed by atoms with Crippen LogP contribution in [0, 0.1) is 0 Å². The summed E-state index contributed by atoms with van der Waals surface area (Å²) in [7, 11) is 2.20. The lowest BCUT2D eigenvalue weighted by atomic mass is 10.0. The molecule has 1 aromatic carbocycles. The first-order valence-corrected chi connectivity index (χ1v) is 7.07. The normalized spacial score (nSPS) is 17.9. The van der Waals surface area contributed by atoms with Crippen LogP contribution in [0.5, 0.6) is 0 Å². The average Bonchev–Trinajstić information content (AvgIpc) is 2.47. The first-order valence-electron chi connectivity index (χ1n) is 7.07. The van der Waals surface area contributed by atoms with Crippen LogP contribution in [0.2, 0.25) is 0 Å². The van der Waals surface area contributed by atoms with Crippen molar-refractivity contribution in [1.82, 2.24) is 15.2 Å². The Morgan fingerprint density at radius 1 is 1.21 bits per heavy atom. The van der Waals surface area contributed by atoms with E-state index in [9.17, 15) is 0 Å². The van der Waals surface area contributed by atoms with Crippen LogP contribution < -0.4 is 5.32 Å². The zero-order valence-electron chi connectivity index (χ0n) is 11.5. The predicted molar refractivity (Wildman–Crippen MR) is 79.1 cm³/mol. The highest BCUT2D eigenvalue weighted by Crippen LogP contribution is 2.16. The fraction of sp³-hybridized carbons (Fsp3) is 0.438. The molecule has 0 spiro atoms. The van der Waals surface area contributed by atoms with Crippen LogP contribution >= 0.6 is 0 Å². The first-order chi connectivity index (χ1) is 9.33. The summed E-state index contributed by atoms with van der Waals surface area (Å²) in [6, 6.07) is 11.2. The number of likely N-dealkylation sites (tertiary alicyclic amines) is 1. The molecule has 1 N–H and O–H groups in total. The number of pyridine rings is 1. The Hall–Kier alpha value is -1.45. The van der Waals surface area contributed by atoms with Gasteiger partial charge in [-0.1, -0.05) is 24.3 Å². The Labute approximate surface area is 114 Å². The van der Waals surface area contributed by atoms with Crippen molar-refractivity contribution in [2.45, 2.75) is 25.4 Å². The van der Waals surface area contributed by atoms with Gasteiger partial charge in [0, 0.05) is 24.2 Å². The zero-order valence-corrected chi connectivity index (χ0v) is 11.5. The zero-order chi connectivity index (χ0) is 13.1. The number of benzene rings is 1. The monoisotopic (exact) mass is 255 g/mol. The third-order valence-corrected chi connectivity index (χ3v) is 4.02. The van der Waals surface area contributed by atoms with Crippen LogP contribution in [0.4, 0.5) is 0 Å². The number of nitrogens with one attached hydrogen (secondary N) is 1. The summed E-state index contributed by atoms with van der Waals surface area (Å²) >= 11 is 0. The van der Waals surface area contributed by atoms with Gasteiger partial charge < -0.3 is 10.2 Å². The molecule has 3 rings (SSSR count). The van der Waals surface area contributed by atoms with Crippen LogP contribution in [0.3, 0.4) is 0 Å². The minimum atomic E-state index is 0.648. The maximum atomic E-state index is 4.51. The highest BCUT2D eigenvalue weighted by Gasteiger charge is 2.16. The second-order valence-electron chi connectivity index (χ2n) is 5.45. The molecule has 1 saturated heterocycles. The Balaban J connectivity index is 1.68. The van der Waals surface area contributed by atoms with Gasteiger partial charge in [-0.05, 0) is 44.6 Å². The van der Waals surface area contributed by atoms with Crippen molar-refractivity contribution >= 4 is 10.9 Å². The minimum Gasteiger partial charge on any atom is -0.310 e. The van der Waals surface area contributed by atoms with Crippen molar-refractivity contribution in [1.29, 1.82) is 0 Å². The van der Waals surface area contributed by atoms with E-state index in [1.165, 1.54) is 36.9 Å². The van der Waals surface area contributed by atoms with Gasteiger partial charge in [0.15, 0.2) is 0 Å². The average molecular weight is 255 g/mol. The molecule has 0 aliphatic carbocycles. The second kappa shape index (κ2) is 5.68. The molecular weight excluding hydrogens is 234 g/mol. The largest absolute Gasteiger partial charge is 0.310 e. The topological polar surface area (TPSA) is 28.2 Å². The number of nitrogens with zero attached hydrogens (tertiary/aromatic N) is 2. The summed E-state index contributed by atoms with van der Waals surface area (Å²) in [5.41, 5.74) is 2.43. The van der Waals surface area contributed by atoms with Crippen LogP contribution in [0.15, 0.2) is 36.5 Å². The second-order valence-corrected chi connectivity index (χ2v) is 5.45. The van der Waals surface area contributed by atoms with Crippen molar-refractivity contribution < 1.29 is 0 Å². The highest BCUT2D eigenvalue weighted by molar-refractivity contribution is 5.81. The summed E-state index contributed by atoms with van der Waals surface area (Å²) in [5, 5.41) is 4.91. The number of para-hydroxylation sites is 1.